The second kappa shape index (κ2) is 42.4. The summed E-state index contributed by atoms with van der Waals surface area (Å²) in [7, 11) is -9.73. The molecule has 0 aliphatic heterocycles. The van der Waals surface area contributed by atoms with Crippen molar-refractivity contribution in [3.63, 3.8) is 0 Å². The van der Waals surface area contributed by atoms with Crippen LogP contribution in [0.5, 0.6) is 0 Å². The number of hydrogen-bond acceptors (Lipinski definition) is 11. The molecular weight excluding hydrogens is 862 g/mol. The van der Waals surface area contributed by atoms with Gasteiger partial charge in [-0.2, -0.15) is 0 Å². The van der Waals surface area contributed by atoms with Gasteiger partial charge in [-0.25, -0.2) is 9.13 Å². The van der Waals surface area contributed by atoms with Gasteiger partial charge in [-0.15, -0.1) is 0 Å². The number of aliphatic hydroxyl groups excluding tert-OH is 2. The Hall–Kier alpha value is -1.96. The summed E-state index contributed by atoms with van der Waals surface area (Å²) < 4.78 is 47.8. The minimum atomic E-state index is -4.88. The van der Waals surface area contributed by atoms with E-state index in [2.05, 4.69) is 42.0 Å². The standard InChI is InChI=1S/C48H88O14P2/c1-4-5-6-7-8-17-21-25-30-35-44(49)36-31-26-23-28-33-38-48(52)62-46(42-61-64(56,57)60-40-45(50)39-59-63(53,54)55)41-58-47(51)37-32-27-22-19-16-14-12-10-9-11-13-15-18-20-24-29-34-43(2)3/h8,17,23,25-26,30-31,36,43-46,49-50H,4-7,9-16,18-22,24,27-29,32-35,37-42H2,1-3H3,(H,56,57)(H2,53,54,55)/b17-8-,26-23+,30-25-,36-31-/t44?,45-,46+/m0/s1. The van der Waals surface area contributed by atoms with Gasteiger partial charge in [0.1, 0.15) is 12.7 Å². The number of ether oxygens (including phenoxy) is 2. The summed E-state index contributed by atoms with van der Waals surface area (Å²) in [5.74, 6) is -0.338. The molecule has 374 valence electrons. The van der Waals surface area contributed by atoms with Crippen LogP contribution in [0, 0.1) is 5.92 Å². The van der Waals surface area contributed by atoms with Gasteiger partial charge in [-0.05, 0) is 50.9 Å². The van der Waals surface area contributed by atoms with E-state index in [0.29, 0.717) is 25.7 Å². The molecule has 0 saturated carbocycles. The average Bonchev–Trinajstić information content (AvgIpc) is 3.24. The largest absolute Gasteiger partial charge is 0.472 e. The van der Waals surface area contributed by atoms with Crippen LogP contribution < -0.4 is 0 Å². The molecule has 0 aromatic heterocycles. The van der Waals surface area contributed by atoms with E-state index in [1.807, 2.05) is 18.2 Å². The van der Waals surface area contributed by atoms with Gasteiger partial charge in [-0.1, -0.05) is 185 Å². The third-order valence-electron chi connectivity index (χ3n) is 10.2. The highest BCUT2D eigenvalue weighted by molar-refractivity contribution is 7.47. The number of carbonyl (C=O) groups is 2. The molecule has 0 bridgehead atoms. The molecule has 0 aromatic carbocycles. The number of allylic oxidation sites excluding steroid dienone is 6. The number of carbonyl (C=O) groups excluding carboxylic acids is 2. The molecule has 0 amide bonds. The summed E-state index contributed by atoms with van der Waals surface area (Å²) in [4.78, 5) is 52.8. The fourth-order valence-corrected chi connectivity index (χ4v) is 7.64. The van der Waals surface area contributed by atoms with Crippen LogP contribution in [-0.4, -0.2) is 81.6 Å². The van der Waals surface area contributed by atoms with Crippen LogP contribution in [0.2, 0.25) is 0 Å². The van der Waals surface area contributed by atoms with Gasteiger partial charge in [-0.3, -0.25) is 23.2 Å². The molecule has 0 aromatic rings. The zero-order chi connectivity index (χ0) is 47.6. The summed E-state index contributed by atoms with van der Waals surface area (Å²) in [5, 5.41) is 19.9. The third-order valence-corrected chi connectivity index (χ3v) is 11.7. The molecule has 0 fully saturated rings. The molecule has 5 N–H and O–H groups in total. The first-order chi connectivity index (χ1) is 30.6. The van der Waals surface area contributed by atoms with Gasteiger partial charge >= 0.3 is 27.6 Å². The maximum atomic E-state index is 12.7. The van der Waals surface area contributed by atoms with E-state index in [1.165, 1.54) is 103 Å². The first-order valence-corrected chi connectivity index (χ1v) is 27.3. The fourth-order valence-electron chi connectivity index (χ4n) is 6.49. The molecule has 0 rings (SSSR count). The first-order valence-electron chi connectivity index (χ1n) is 24.3. The average molecular weight is 951 g/mol. The predicted molar refractivity (Wildman–Crippen MR) is 254 cm³/mol. The molecule has 0 aliphatic carbocycles. The third kappa shape index (κ3) is 46.6. The van der Waals surface area contributed by atoms with Crippen molar-refractivity contribution < 1.29 is 66.7 Å². The Morgan fingerprint density at radius 3 is 1.69 bits per heavy atom. The van der Waals surface area contributed by atoms with E-state index < -0.39 is 72.3 Å². The second-order valence-corrected chi connectivity index (χ2v) is 19.8. The van der Waals surface area contributed by atoms with Crippen LogP contribution in [0.4, 0.5) is 0 Å². The van der Waals surface area contributed by atoms with Crippen molar-refractivity contribution in [3.8, 4) is 0 Å². The Labute approximate surface area is 386 Å². The first kappa shape index (κ1) is 62.0. The monoisotopic (exact) mass is 951 g/mol. The summed E-state index contributed by atoms with van der Waals surface area (Å²) in [6, 6.07) is 0. The van der Waals surface area contributed by atoms with E-state index >= 15 is 0 Å². The van der Waals surface area contributed by atoms with Gasteiger partial charge in [0.05, 0.1) is 25.9 Å². The smallest absolute Gasteiger partial charge is 0.462 e. The zero-order valence-electron chi connectivity index (χ0n) is 39.7. The summed E-state index contributed by atoms with van der Waals surface area (Å²) in [5.41, 5.74) is 0. The van der Waals surface area contributed by atoms with Gasteiger partial charge in [0.15, 0.2) is 6.10 Å². The van der Waals surface area contributed by atoms with E-state index in [0.717, 1.165) is 38.0 Å². The molecule has 16 heteroatoms. The van der Waals surface area contributed by atoms with Crippen molar-refractivity contribution in [3.05, 3.63) is 48.6 Å². The van der Waals surface area contributed by atoms with Crippen LogP contribution in [0.1, 0.15) is 194 Å². The molecule has 64 heavy (non-hydrogen) atoms. The topological polar surface area (TPSA) is 216 Å². The molecule has 0 saturated heterocycles. The number of phosphoric acid groups is 2. The predicted octanol–water partition coefficient (Wildman–Crippen LogP) is 11.8. The lowest BCUT2D eigenvalue weighted by molar-refractivity contribution is -0.161. The fraction of sp³-hybridized carbons (Fsp3) is 0.792. The minimum absolute atomic E-state index is 0.00309. The Morgan fingerprint density at radius 1 is 0.562 bits per heavy atom. The SMILES string of the molecule is CCCCC/C=C\C/C=C\CC(O)/C=C\C=C\CCCC(=O)O[C@H](COC(=O)CCCCCCCCCCCCCCCCCCC(C)C)COP(=O)(O)OC[C@@H](O)COP(=O)(O)O. The van der Waals surface area contributed by atoms with Crippen LogP contribution in [0.3, 0.4) is 0 Å². The lowest BCUT2D eigenvalue weighted by Crippen LogP contribution is -2.29. The summed E-state index contributed by atoms with van der Waals surface area (Å²) in [6.45, 7) is 3.93. The quantitative estimate of drug-likeness (QED) is 0.0126. The van der Waals surface area contributed by atoms with Crippen molar-refractivity contribution in [2.75, 3.05) is 26.4 Å². The van der Waals surface area contributed by atoms with Crippen molar-refractivity contribution in [1.82, 2.24) is 0 Å². The maximum absolute atomic E-state index is 12.7. The minimum Gasteiger partial charge on any atom is -0.462 e. The lowest BCUT2D eigenvalue weighted by atomic mass is 10.0. The van der Waals surface area contributed by atoms with Gasteiger partial charge < -0.3 is 34.4 Å². The van der Waals surface area contributed by atoms with Crippen molar-refractivity contribution in [2.45, 2.75) is 212 Å². The van der Waals surface area contributed by atoms with Crippen molar-refractivity contribution in [1.29, 1.82) is 0 Å². The number of aliphatic hydroxyl groups is 2. The second-order valence-electron chi connectivity index (χ2n) is 17.1. The van der Waals surface area contributed by atoms with Gasteiger partial charge in [0, 0.05) is 12.8 Å². The number of esters is 2. The molecule has 0 radical (unpaired) electrons. The summed E-state index contributed by atoms with van der Waals surface area (Å²) in [6.07, 6.45) is 39.9. The molecule has 0 aliphatic rings. The molecule has 0 spiro atoms. The Kier molecular flexibility index (Phi) is 41.1. The van der Waals surface area contributed by atoms with Crippen LogP contribution in [0.25, 0.3) is 0 Å². The van der Waals surface area contributed by atoms with Crippen LogP contribution in [-0.2, 0) is 41.8 Å². The molecule has 4 atom stereocenters. The highest BCUT2D eigenvalue weighted by atomic mass is 31.2. The summed E-state index contributed by atoms with van der Waals surface area (Å²) >= 11 is 0. The van der Waals surface area contributed by atoms with Crippen LogP contribution >= 0.6 is 15.6 Å². The highest BCUT2D eigenvalue weighted by Crippen LogP contribution is 2.43. The van der Waals surface area contributed by atoms with E-state index in [1.54, 1.807) is 18.2 Å². The maximum Gasteiger partial charge on any atom is 0.472 e. The zero-order valence-corrected chi connectivity index (χ0v) is 41.4. The van der Waals surface area contributed by atoms with E-state index in [-0.39, 0.29) is 12.8 Å². The Bertz CT molecular complexity index is 1350. The molecular formula is C48H88O14P2. The van der Waals surface area contributed by atoms with Crippen molar-refractivity contribution >= 4 is 27.6 Å². The van der Waals surface area contributed by atoms with Gasteiger partial charge in [0.2, 0.25) is 0 Å². The molecule has 2 unspecified atom stereocenters. The normalized spacial score (nSPS) is 14.9. The number of hydrogen-bond donors (Lipinski definition) is 5. The van der Waals surface area contributed by atoms with Crippen LogP contribution in [0.15, 0.2) is 48.6 Å². The Balaban J connectivity index is 4.58. The van der Waals surface area contributed by atoms with E-state index in [4.69, 9.17) is 23.8 Å². The number of unbranched alkanes of at least 4 members (excludes halogenated alkanes) is 19. The lowest BCUT2D eigenvalue weighted by Gasteiger charge is -2.20. The molecule has 0 heterocycles. The Morgan fingerprint density at radius 2 is 1.09 bits per heavy atom. The molecule has 14 nitrogen and oxygen atoms in total. The number of phosphoric ester groups is 2. The highest BCUT2D eigenvalue weighted by Gasteiger charge is 2.28. The van der Waals surface area contributed by atoms with Gasteiger partial charge in [0.25, 0.3) is 0 Å². The number of rotatable bonds is 45. The van der Waals surface area contributed by atoms with Crippen molar-refractivity contribution in [2.24, 2.45) is 5.92 Å². The van der Waals surface area contributed by atoms with E-state index in [9.17, 15) is 33.8 Å².